The van der Waals surface area contributed by atoms with Crippen molar-refractivity contribution in [3.05, 3.63) is 0 Å². The van der Waals surface area contributed by atoms with E-state index in [1.165, 1.54) is 19.3 Å². The number of ketones is 1. The fourth-order valence-electron chi connectivity index (χ4n) is 2.97. The van der Waals surface area contributed by atoms with Gasteiger partial charge in [0, 0.05) is 6.04 Å². The number of hydrogen-bond acceptors (Lipinski definition) is 2. The number of nitrogens with zero attached hydrogens (tertiary/aromatic N) is 1. The lowest BCUT2D eigenvalue weighted by molar-refractivity contribution is -0.121. The zero-order valence-electron chi connectivity index (χ0n) is 7.92. The van der Waals surface area contributed by atoms with Gasteiger partial charge >= 0.3 is 0 Å². The van der Waals surface area contributed by atoms with Gasteiger partial charge in [-0.3, -0.25) is 9.69 Å². The molecule has 1 heterocycles. The smallest absolute Gasteiger partial charge is 0.146 e. The number of carbonyl (C=O) groups excluding carboxylic acids is 1. The van der Waals surface area contributed by atoms with E-state index in [0.29, 0.717) is 5.78 Å². The number of rotatable bonds is 1. The Kier molecular flexibility index (Phi) is 1.95. The van der Waals surface area contributed by atoms with Crippen molar-refractivity contribution in [2.24, 2.45) is 5.92 Å². The van der Waals surface area contributed by atoms with Crippen LogP contribution >= 0.6 is 0 Å². The van der Waals surface area contributed by atoms with Crippen LogP contribution in [0.1, 0.15) is 32.6 Å². The number of Topliss-reactive ketones (excluding diaryl/α,β-unsaturated/α-hetero) is 1. The van der Waals surface area contributed by atoms with Crippen molar-refractivity contribution in [2.75, 3.05) is 7.05 Å². The van der Waals surface area contributed by atoms with Crippen LogP contribution in [0, 0.1) is 5.92 Å². The third-order valence-electron chi connectivity index (χ3n) is 3.63. The highest BCUT2D eigenvalue weighted by Gasteiger charge is 2.42. The molecule has 2 heteroatoms. The summed E-state index contributed by atoms with van der Waals surface area (Å²) in [5.74, 6) is 1.18. The van der Waals surface area contributed by atoms with E-state index < -0.39 is 0 Å². The Morgan fingerprint density at radius 1 is 1.42 bits per heavy atom. The Hall–Kier alpha value is -0.370. The van der Waals surface area contributed by atoms with E-state index in [-0.39, 0.29) is 6.04 Å². The summed E-state index contributed by atoms with van der Waals surface area (Å²) >= 11 is 0. The van der Waals surface area contributed by atoms with Crippen LogP contribution in [0.15, 0.2) is 0 Å². The topological polar surface area (TPSA) is 20.3 Å². The van der Waals surface area contributed by atoms with Crippen LogP contribution in [0.3, 0.4) is 0 Å². The summed E-state index contributed by atoms with van der Waals surface area (Å²) in [6, 6.07) is 0.958. The molecule has 12 heavy (non-hydrogen) atoms. The van der Waals surface area contributed by atoms with Crippen molar-refractivity contribution in [1.29, 1.82) is 0 Å². The standard InChI is InChI=1S/C10H17NO/c1-7(12)10-6-8-4-3-5-9(8)11(10)2/h8-10H,3-6H2,1-2H3/t8?,9?,10-/m0/s1. The molecule has 0 bridgehead atoms. The maximum absolute atomic E-state index is 11.2. The molecule has 0 amide bonds. The molecule has 0 aromatic carbocycles. The maximum atomic E-state index is 11.2. The molecule has 68 valence electrons. The molecule has 2 aliphatic rings. The fourth-order valence-corrected chi connectivity index (χ4v) is 2.97. The van der Waals surface area contributed by atoms with Gasteiger partial charge in [-0.25, -0.2) is 0 Å². The second kappa shape index (κ2) is 2.84. The summed E-state index contributed by atoms with van der Waals surface area (Å²) in [5, 5.41) is 0. The first kappa shape index (κ1) is 8.24. The average Bonchev–Trinajstić information content (AvgIpc) is 2.53. The third kappa shape index (κ3) is 1.09. The van der Waals surface area contributed by atoms with E-state index >= 15 is 0 Å². The van der Waals surface area contributed by atoms with Crippen LogP contribution in [0.5, 0.6) is 0 Å². The first-order chi connectivity index (χ1) is 5.70. The molecule has 1 aliphatic carbocycles. The Morgan fingerprint density at radius 2 is 2.17 bits per heavy atom. The molecular weight excluding hydrogens is 150 g/mol. The van der Waals surface area contributed by atoms with Gasteiger partial charge in [0.15, 0.2) is 0 Å². The number of hydrogen-bond donors (Lipinski definition) is 0. The minimum Gasteiger partial charge on any atom is -0.298 e. The SMILES string of the molecule is CC(=O)[C@@H]1CC2CCCC2N1C. The summed E-state index contributed by atoms with van der Waals surface area (Å²) in [4.78, 5) is 13.6. The van der Waals surface area contributed by atoms with Crippen molar-refractivity contribution < 1.29 is 4.79 Å². The van der Waals surface area contributed by atoms with Gasteiger partial charge in [-0.05, 0) is 39.2 Å². The molecule has 1 saturated heterocycles. The summed E-state index contributed by atoms with van der Waals surface area (Å²) in [6.45, 7) is 1.72. The second-order valence-corrected chi connectivity index (χ2v) is 4.29. The van der Waals surface area contributed by atoms with Gasteiger partial charge in [-0.2, -0.15) is 0 Å². The van der Waals surface area contributed by atoms with Gasteiger partial charge in [0.25, 0.3) is 0 Å². The van der Waals surface area contributed by atoms with Gasteiger partial charge in [0.05, 0.1) is 6.04 Å². The molecule has 0 N–H and O–H groups in total. The third-order valence-corrected chi connectivity index (χ3v) is 3.63. The van der Waals surface area contributed by atoms with Crippen molar-refractivity contribution in [1.82, 2.24) is 4.90 Å². The van der Waals surface area contributed by atoms with Gasteiger partial charge in [0.1, 0.15) is 5.78 Å². The predicted molar refractivity (Wildman–Crippen MR) is 48.0 cm³/mol. The molecule has 3 atom stereocenters. The first-order valence-electron chi connectivity index (χ1n) is 4.92. The summed E-state index contributed by atoms with van der Waals surface area (Å²) in [5.41, 5.74) is 0. The molecule has 2 unspecified atom stereocenters. The lowest BCUT2D eigenvalue weighted by Gasteiger charge is -2.22. The van der Waals surface area contributed by atoms with Crippen LogP contribution in [0.25, 0.3) is 0 Å². The molecule has 0 aromatic rings. The summed E-state index contributed by atoms with van der Waals surface area (Å²) in [7, 11) is 2.11. The zero-order chi connectivity index (χ0) is 8.72. The van der Waals surface area contributed by atoms with E-state index in [4.69, 9.17) is 0 Å². The molecule has 2 fully saturated rings. The largest absolute Gasteiger partial charge is 0.298 e. The molecule has 0 radical (unpaired) electrons. The van der Waals surface area contributed by atoms with Crippen LogP contribution in [0.4, 0.5) is 0 Å². The lowest BCUT2D eigenvalue weighted by Crippen LogP contribution is -2.36. The number of fused-ring (bicyclic) bond motifs is 1. The van der Waals surface area contributed by atoms with Crippen molar-refractivity contribution in [2.45, 2.75) is 44.7 Å². The lowest BCUT2D eigenvalue weighted by atomic mass is 10.0. The van der Waals surface area contributed by atoms with Crippen LogP contribution in [0.2, 0.25) is 0 Å². The monoisotopic (exact) mass is 167 g/mol. The van der Waals surface area contributed by atoms with E-state index in [1.54, 1.807) is 6.92 Å². The molecule has 1 saturated carbocycles. The molecular formula is C10H17NO. The Balaban J connectivity index is 2.10. The van der Waals surface area contributed by atoms with Gasteiger partial charge in [-0.1, -0.05) is 6.42 Å². The normalized spacial score (nSPS) is 41.7. The van der Waals surface area contributed by atoms with Crippen LogP contribution in [-0.4, -0.2) is 29.8 Å². The van der Waals surface area contributed by atoms with Gasteiger partial charge in [-0.15, -0.1) is 0 Å². The molecule has 2 nitrogen and oxygen atoms in total. The molecule has 2 rings (SSSR count). The van der Waals surface area contributed by atoms with E-state index in [2.05, 4.69) is 11.9 Å². The summed E-state index contributed by atoms with van der Waals surface area (Å²) < 4.78 is 0. The molecule has 0 spiro atoms. The quantitative estimate of drug-likeness (QED) is 0.589. The van der Waals surface area contributed by atoms with Gasteiger partial charge < -0.3 is 0 Å². The summed E-state index contributed by atoms with van der Waals surface area (Å²) in [6.07, 6.45) is 5.14. The first-order valence-corrected chi connectivity index (χ1v) is 4.92. The van der Waals surface area contributed by atoms with Crippen LogP contribution < -0.4 is 0 Å². The minimum atomic E-state index is 0.236. The maximum Gasteiger partial charge on any atom is 0.146 e. The fraction of sp³-hybridized carbons (Fsp3) is 0.900. The Morgan fingerprint density at radius 3 is 2.75 bits per heavy atom. The van der Waals surface area contributed by atoms with Crippen molar-refractivity contribution in [3.8, 4) is 0 Å². The number of likely N-dealkylation sites (N-methyl/N-ethyl adjacent to an activating group) is 1. The van der Waals surface area contributed by atoms with Gasteiger partial charge in [0.2, 0.25) is 0 Å². The van der Waals surface area contributed by atoms with E-state index in [1.807, 2.05) is 0 Å². The van der Waals surface area contributed by atoms with Crippen molar-refractivity contribution in [3.63, 3.8) is 0 Å². The highest BCUT2D eigenvalue weighted by atomic mass is 16.1. The Bertz CT molecular complexity index is 202. The number of carbonyl (C=O) groups is 1. The molecule has 1 aliphatic heterocycles. The van der Waals surface area contributed by atoms with E-state index in [9.17, 15) is 4.79 Å². The average molecular weight is 167 g/mol. The second-order valence-electron chi connectivity index (χ2n) is 4.29. The highest BCUT2D eigenvalue weighted by molar-refractivity contribution is 5.81. The Labute approximate surface area is 73.9 Å². The van der Waals surface area contributed by atoms with Crippen LogP contribution in [-0.2, 0) is 4.79 Å². The van der Waals surface area contributed by atoms with E-state index in [0.717, 1.165) is 18.4 Å². The zero-order valence-corrected chi connectivity index (χ0v) is 7.92. The number of likely N-dealkylation sites (tertiary alicyclic amines) is 1. The minimum absolute atomic E-state index is 0.236. The van der Waals surface area contributed by atoms with Crippen molar-refractivity contribution >= 4 is 5.78 Å². The highest BCUT2D eigenvalue weighted by Crippen LogP contribution is 2.40. The predicted octanol–water partition coefficient (Wildman–Crippen LogP) is 1.45. The molecule has 0 aromatic heterocycles.